The number of hydrogen-bond donors (Lipinski definition) is 2. The van der Waals surface area contributed by atoms with Gasteiger partial charge in [0.15, 0.2) is 0 Å². The maximum absolute atomic E-state index is 11.7. The van der Waals surface area contributed by atoms with Crippen LogP contribution >= 0.6 is 11.3 Å². The van der Waals surface area contributed by atoms with Gasteiger partial charge in [-0.2, -0.15) is 0 Å². The highest BCUT2D eigenvalue weighted by Gasteiger charge is 2.07. The lowest BCUT2D eigenvalue weighted by molar-refractivity contribution is -0.117. The smallest absolute Gasteiger partial charge is 0.279 e. The number of thiophene rings is 1. The minimum absolute atomic E-state index is 0.358. The number of carbonyl (C=O) groups is 2. The molecule has 6 nitrogen and oxygen atoms in total. The number of rotatable bonds is 5. The molecule has 23 heavy (non-hydrogen) atoms. The minimum Gasteiger partial charge on any atom is -0.497 e. The predicted molar refractivity (Wildman–Crippen MR) is 88.5 cm³/mol. The Hall–Kier alpha value is -2.80. The molecule has 1 aromatic heterocycles. The standard InChI is InChI=1S/C16H16N2O4S/c1-21-12-7-5-11(13(10-12)22-2)6-8-15(19)17-18-16(20)14-4-3-9-23-14/h3-10H,1-2H3,(H,17,19)(H,18,20)/b8-6+. The molecule has 120 valence electrons. The van der Waals surface area contributed by atoms with Crippen LogP contribution in [0.2, 0.25) is 0 Å². The molecule has 0 aliphatic heterocycles. The fourth-order valence-corrected chi connectivity index (χ4v) is 2.37. The molecule has 0 spiro atoms. The molecular formula is C16H16N2O4S. The van der Waals surface area contributed by atoms with Crippen LogP contribution in [-0.2, 0) is 4.79 Å². The Bertz CT molecular complexity index is 711. The van der Waals surface area contributed by atoms with Gasteiger partial charge < -0.3 is 9.47 Å². The summed E-state index contributed by atoms with van der Waals surface area (Å²) in [5, 5.41) is 1.78. The molecule has 2 N–H and O–H groups in total. The third-order valence-electron chi connectivity index (χ3n) is 2.90. The number of benzene rings is 1. The summed E-state index contributed by atoms with van der Waals surface area (Å²) in [6.07, 6.45) is 2.89. The molecule has 0 fully saturated rings. The normalized spacial score (nSPS) is 10.3. The van der Waals surface area contributed by atoms with Crippen LogP contribution in [0.4, 0.5) is 0 Å². The third kappa shape index (κ3) is 4.58. The van der Waals surface area contributed by atoms with Gasteiger partial charge in [-0.15, -0.1) is 11.3 Å². The number of hydrogen-bond acceptors (Lipinski definition) is 5. The van der Waals surface area contributed by atoms with Crippen molar-refractivity contribution in [1.82, 2.24) is 10.9 Å². The zero-order chi connectivity index (χ0) is 16.7. The summed E-state index contributed by atoms with van der Waals surface area (Å²) in [5.74, 6) is 0.430. The molecule has 1 heterocycles. The van der Waals surface area contributed by atoms with Crippen molar-refractivity contribution in [2.45, 2.75) is 0 Å². The van der Waals surface area contributed by atoms with Gasteiger partial charge in [-0.1, -0.05) is 6.07 Å². The molecule has 1 aromatic carbocycles. The first kappa shape index (κ1) is 16.6. The summed E-state index contributed by atoms with van der Waals surface area (Å²) in [6.45, 7) is 0. The molecule has 0 saturated heterocycles. The van der Waals surface area contributed by atoms with E-state index in [0.29, 0.717) is 21.9 Å². The second kappa shape index (κ2) is 8.00. The average Bonchev–Trinajstić information content (AvgIpc) is 3.12. The summed E-state index contributed by atoms with van der Waals surface area (Å²) in [6, 6.07) is 8.68. The van der Waals surface area contributed by atoms with Crippen molar-refractivity contribution in [3.8, 4) is 11.5 Å². The maximum Gasteiger partial charge on any atom is 0.279 e. The van der Waals surface area contributed by atoms with Gasteiger partial charge in [0.2, 0.25) is 0 Å². The van der Waals surface area contributed by atoms with Crippen molar-refractivity contribution in [2.75, 3.05) is 14.2 Å². The summed E-state index contributed by atoms with van der Waals surface area (Å²) in [4.78, 5) is 23.9. The van der Waals surface area contributed by atoms with E-state index in [1.807, 2.05) is 0 Å². The SMILES string of the molecule is COc1ccc(/C=C/C(=O)NNC(=O)c2cccs2)c(OC)c1. The third-order valence-corrected chi connectivity index (χ3v) is 3.77. The quantitative estimate of drug-likeness (QED) is 0.650. The van der Waals surface area contributed by atoms with E-state index in [1.165, 1.54) is 24.5 Å². The fourth-order valence-electron chi connectivity index (χ4n) is 1.75. The van der Waals surface area contributed by atoms with Crippen molar-refractivity contribution in [3.05, 3.63) is 52.2 Å². The molecule has 2 amide bonds. The molecule has 0 radical (unpaired) electrons. The van der Waals surface area contributed by atoms with Gasteiger partial charge in [-0.3, -0.25) is 20.4 Å². The van der Waals surface area contributed by atoms with Gasteiger partial charge in [0.05, 0.1) is 19.1 Å². The lowest BCUT2D eigenvalue weighted by atomic mass is 10.1. The van der Waals surface area contributed by atoms with Crippen LogP contribution < -0.4 is 20.3 Å². The summed E-state index contributed by atoms with van der Waals surface area (Å²) < 4.78 is 10.3. The van der Waals surface area contributed by atoms with E-state index in [4.69, 9.17) is 9.47 Å². The molecule has 0 saturated carbocycles. The molecule has 7 heteroatoms. The highest BCUT2D eigenvalue weighted by atomic mass is 32.1. The van der Waals surface area contributed by atoms with Gasteiger partial charge >= 0.3 is 0 Å². The van der Waals surface area contributed by atoms with E-state index >= 15 is 0 Å². The Balaban J connectivity index is 1.94. The van der Waals surface area contributed by atoms with Gasteiger partial charge in [-0.05, 0) is 29.7 Å². The van der Waals surface area contributed by atoms with Crippen LogP contribution in [0.15, 0.2) is 41.8 Å². The number of methoxy groups -OCH3 is 2. The van der Waals surface area contributed by atoms with Gasteiger partial charge in [-0.25, -0.2) is 0 Å². The highest BCUT2D eigenvalue weighted by molar-refractivity contribution is 7.12. The van der Waals surface area contributed by atoms with Crippen LogP contribution in [0.5, 0.6) is 11.5 Å². The van der Waals surface area contributed by atoms with E-state index < -0.39 is 5.91 Å². The van der Waals surface area contributed by atoms with E-state index in [-0.39, 0.29) is 5.91 Å². The van der Waals surface area contributed by atoms with Crippen LogP contribution in [0.1, 0.15) is 15.2 Å². The summed E-state index contributed by atoms with van der Waals surface area (Å²) in [5.41, 5.74) is 5.37. The zero-order valence-corrected chi connectivity index (χ0v) is 13.5. The molecule has 0 aliphatic carbocycles. The number of ether oxygens (including phenoxy) is 2. The molecule has 0 bridgehead atoms. The van der Waals surface area contributed by atoms with E-state index in [0.717, 1.165) is 0 Å². The lowest BCUT2D eigenvalue weighted by Gasteiger charge is -2.07. The fraction of sp³-hybridized carbons (Fsp3) is 0.125. The Morgan fingerprint density at radius 1 is 1.13 bits per heavy atom. The highest BCUT2D eigenvalue weighted by Crippen LogP contribution is 2.25. The topological polar surface area (TPSA) is 76.7 Å². The minimum atomic E-state index is -0.451. The van der Waals surface area contributed by atoms with Crippen molar-refractivity contribution < 1.29 is 19.1 Å². The Labute approximate surface area is 137 Å². The lowest BCUT2D eigenvalue weighted by Crippen LogP contribution is -2.40. The summed E-state index contributed by atoms with van der Waals surface area (Å²) in [7, 11) is 3.10. The first-order chi connectivity index (χ1) is 11.1. The van der Waals surface area contributed by atoms with Crippen LogP contribution in [0.3, 0.4) is 0 Å². The van der Waals surface area contributed by atoms with Crippen LogP contribution in [0, 0.1) is 0 Å². The first-order valence-corrected chi connectivity index (χ1v) is 7.56. The van der Waals surface area contributed by atoms with E-state index in [1.54, 1.807) is 48.9 Å². The number of nitrogens with one attached hydrogen (secondary N) is 2. The van der Waals surface area contributed by atoms with Gasteiger partial charge in [0.25, 0.3) is 11.8 Å². The van der Waals surface area contributed by atoms with E-state index in [2.05, 4.69) is 10.9 Å². The van der Waals surface area contributed by atoms with Crippen molar-refractivity contribution in [2.24, 2.45) is 0 Å². The number of hydrazine groups is 1. The Kier molecular flexibility index (Phi) is 5.76. The van der Waals surface area contributed by atoms with Gasteiger partial charge in [0, 0.05) is 17.7 Å². The average molecular weight is 332 g/mol. The Morgan fingerprint density at radius 3 is 2.61 bits per heavy atom. The van der Waals surface area contributed by atoms with E-state index in [9.17, 15) is 9.59 Å². The molecule has 0 unspecified atom stereocenters. The van der Waals surface area contributed by atoms with Crippen molar-refractivity contribution in [1.29, 1.82) is 0 Å². The monoisotopic (exact) mass is 332 g/mol. The van der Waals surface area contributed by atoms with Crippen LogP contribution in [-0.4, -0.2) is 26.0 Å². The number of carbonyl (C=O) groups excluding carboxylic acids is 2. The second-order valence-corrected chi connectivity index (χ2v) is 5.31. The van der Waals surface area contributed by atoms with Crippen molar-refractivity contribution >= 4 is 29.2 Å². The predicted octanol–water partition coefficient (Wildman–Crippen LogP) is 2.24. The maximum atomic E-state index is 11.7. The molecule has 0 aliphatic rings. The first-order valence-electron chi connectivity index (χ1n) is 6.68. The summed E-state index contributed by atoms with van der Waals surface area (Å²) >= 11 is 1.29. The molecule has 2 aromatic rings. The number of amides is 2. The Morgan fingerprint density at radius 2 is 1.96 bits per heavy atom. The molecule has 0 atom stereocenters. The molecule has 2 rings (SSSR count). The van der Waals surface area contributed by atoms with Gasteiger partial charge in [0.1, 0.15) is 11.5 Å². The molecular weight excluding hydrogens is 316 g/mol. The second-order valence-electron chi connectivity index (χ2n) is 4.36. The van der Waals surface area contributed by atoms with Crippen LogP contribution in [0.25, 0.3) is 6.08 Å². The zero-order valence-electron chi connectivity index (χ0n) is 12.7. The van der Waals surface area contributed by atoms with Crippen molar-refractivity contribution in [3.63, 3.8) is 0 Å². The largest absolute Gasteiger partial charge is 0.497 e.